The average molecular weight is 308 g/mol. The number of halogens is 4. The Bertz CT molecular complexity index is 546. The summed E-state index contributed by atoms with van der Waals surface area (Å²) in [6.07, 6.45) is -5.00. The number of anilines is 1. The lowest BCUT2D eigenvalue weighted by atomic mass is 10.2. The highest BCUT2D eigenvalue weighted by Crippen LogP contribution is 2.31. The molecule has 0 aliphatic carbocycles. The van der Waals surface area contributed by atoms with Crippen LogP contribution in [0, 0.1) is 5.82 Å². The molecule has 0 spiro atoms. The van der Waals surface area contributed by atoms with Crippen molar-refractivity contribution in [2.45, 2.75) is 12.6 Å². The summed E-state index contributed by atoms with van der Waals surface area (Å²) in [7, 11) is 1.24. The number of benzene rings is 1. The highest BCUT2D eigenvalue weighted by Gasteiger charge is 2.31. The molecule has 9 heteroatoms. The van der Waals surface area contributed by atoms with Crippen molar-refractivity contribution in [3.63, 3.8) is 0 Å². The standard InChI is InChI=1S/C12H12F4N2O3/c1-18(5-4-10(19)20)11(21)17-9-6-7(12(14,15)16)2-3-8(9)13/h2-3,6H,4-5H2,1H3,(H,17,21)(H,19,20). The number of nitrogens with one attached hydrogen (secondary N) is 1. The van der Waals surface area contributed by atoms with Gasteiger partial charge in [0, 0.05) is 13.6 Å². The molecule has 1 rings (SSSR count). The van der Waals surface area contributed by atoms with Gasteiger partial charge >= 0.3 is 18.2 Å². The molecule has 0 saturated carbocycles. The molecule has 1 aromatic carbocycles. The molecule has 2 amide bonds. The molecule has 2 N–H and O–H groups in total. The predicted molar refractivity (Wildman–Crippen MR) is 65.3 cm³/mol. The van der Waals surface area contributed by atoms with Crippen LogP contribution in [-0.4, -0.2) is 35.6 Å². The highest BCUT2D eigenvalue weighted by molar-refractivity contribution is 5.89. The minimum atomic E-state index is -4.66. The second-order valence-electron chi connectivity index (χ2n) is 4.19. The zero-order valence-electron chi connectivity index (χ0n) is 10.9. The number of nitrogens with zero attached hydrogens (tertiary/aromatic N) is 1. The first kappa shape index (κ1) is 16.7. The maximum absolute atomic E-state index is 13.4. The van der Waals surface area contributed by atoms with Crippen molar-refractivity contribution in [2.24, 2.45) is 0 Å². The summed E-state index contributed by atoms with van der Waals surface area (Å²) in [5, 5.41) is 10.4. The van der Waals surface area contributed by atoms with Crippen LogP contribution >= 0.6 is 0 Å². The van der Waals surface area contributed by atoms with E-state index in [-0.39, 0.29) is 13.0 Å². The van der Waals surface area contributed by atoms with E-state index in [1.54, 1.807) is 0 Å². The molecular formula is C12H12F4N2O3. The molecular weight excluding hydrogens is 296 g/mol. The van der Waals surface area contributed by atoms with Gasteiger partial charge in [0.1, 0.15) is 5.82 Å². The lowest BCUT2D eigenvalue weighted by Crippen LogP contribution is -2.33. The number of carbonyl (C=O) groups excluding carboxylic acids is 1. The fourth-order valence-corrected chi connectivity index (χ4v) is 1.37. The van der Waals surface area contributed by atoms with Crippen molar-refractivity contribution in [1.29, 1.82) is 0 Å². The summed E-state index contributed by atoms with van der Waals surface area (Å²) in [5.41, 5.74) is -1.73. The second-order valence-corrected chi connectivity index (χ2v) is 4.19. The van der Waals surface area contributed by atoms with Crippen LogP contribution in [0.3, 0.4) is 0 Å². The molecule has 0 unspecified atom stereocenters. The molecule has 0 atom stereocenters. The van der Waals surface area contributed by atoms with E-state index in [1.165, 1.54) is 7.05 Å². The molecule has 0 aromatic heterocycles. The number of amides is 2. The molecule has 0 fully saturated rings. The van der Waals surface area contributed by atoms with E-state index in [2.05, 4.69) is 0 Å². The Morgan fingerprint density at radius 1 is 1.33 bits per heavy atom. The summed E-state index contributed by atoms with van der Waals surface area (Å²) >= 11 is 0. The Labute approximate surface area is 117 Å². The van der Waals surface area contributed by atoms with Crippen molar-refractivity contribution in [3.8, 4) is 0 Å². The minimum absolute atomic E-state index is 0.165. The molecule has 21 heavy (non-hydrogen) atoms. The fourth-order valence-electron chi connectivity index (χ4n) is 1.37. The molecule has 116 valence electrons. The van der Waals surface area contributed by atoms with Crippen molar-refractivity contribution in [1.82, 2.24) is 4.90 Å². The van der Waals surface area contributed by atoms with Crippen LogP contribution < -0.4 is 5.32 Å². The van der Waals surface area contributed by atoms with Gasteiger partial charge in [0.05, 0.1) is 17.7 Å². The molecule has 1 aromatic rings. The van der Waals surface area contributed by atoms with E-state index >= 15 is 0 Å². The maximum atomic E-state index is 13.4. The number of carboxylic acids is 1. The normalized spacial score (nSPS) is 11.1. The smallest absolute Gasteiger partial charge is 0.416 e. The minimum Gasteiger partial charge on any atom is -0.481 e. The third-order valence-electron chi connectivity index (χ3n) is 2.54. The predicted octanol–water partition coefficient (Wildman–Crippen LogP) is 2.78. The van der Waals surface area contributed by atoms with E-state index in [0.29, 0.717) is 18.2 Å². The molecule has 0 aliphatic rings. The monoisotopic (exact) mass is 308 g/mol. The van der Waals surface area contributed by atoms with Crippen LogP contribution in [0.25, 0.3) is 0 Å². The molecule has 0 saturated heterocycles. The lowest BCUT2D eigenvalue weighted by molar-refractivity contribution is -0.138. The summed E-state index contributed by atoms with van der Waals surface area (Å²) < 4.78 is 50.9. The molecule has 0 radical (unpaired) electrons. The van der Waals surface area contributed by atoms with Crippen molar-refractivity contribution in [3.05, 3.63) is 29.6 Å². The maximum Gasteiger partial charge on any atom is 0.416 e. The van der Waals surface area contributed by atoms with Crippen LogP contribution in [0.15, 0.2) is 18.2 Å². The first-order chi connectivity index (χ1) is 9.61. The topological polar surface area (TPSA) is 69.6 Å². The largest absolute Gasteiger partial charge is 0.481 e. The average Bonchev–Trinajstić information content (AvgIpc) is 2.36. The van der Waals surface area contributed by atoms with Gasteiger partial charge in [0.25, 0.3) is 0 Å². The fraction of sp³-hybridized carbons (Fsp3) is 0.333. The van der Waals surface area contributed by atoms with E-state index in [0.717, 1.165) is 4.90 Å². The van der Waals surface area contributed by atoms with Gasteiger partial charge < -0.3 is 15.3 Å². The number of urea groups is 1. The van der Waals surface area contributed by atoms with Gasteiger partial charge in [-0.25, -0.2) is 9.18 Å². The summed E-state index contributed by atoms with van der Waals surface area (Å²) in [6.45, 7) is -0.165. The van der Waals surface area contributed by atoms with E-state index in [1.807, 2.05) is 5.32 Å². The van der Waals surface area contributed by atoms with Crippen molar-refractivity contribution >= 4 is 17.7 Å². The zero-order valence-corrected chi connectivity index (χ0v) is 10.9. The second kappa shape index (κ2) is 6.42. The number of carbonyl (C=O) groups is 2. The first-order valence-corrected chi connectivity index (χ1v) is 5.72. The Morgan fingerprint density at radius 2 is 1.95 bits per heavy atom. The Kier molecular flexibility index (Phi) is 5.12. The van der Waals surface area contributed by atoms with E-state index in [9.17, 15) is 27.2 Å². The molecule has 0 aliphatic heterocycles. The van der Waals surface area contributed by atoms with Gasteiger partial charge in [-0.3, -0.25) is 4.79 Å². The van der Waals surface area contributed by atoms with Gasteiger partial charge in [0.2, 0.25) is 0 Å². The van der Waals surface area contributed by atoms with Gasteiger partial charge in [-0.15, -0.1) is 0 Å². The third-order valence-corrected chi connectivity index (χ3v) is 2.54. The van der Waals surface area contributed by atoms with E-state index in [4.69, 9.17) is 5.11 Å². The van der Waals surface area contributed by atoms with E-state index < -0.39 is 35.2 Å². The number of hydrogen-bond acceptors (Lipinski definition) is 2. The van der Waals surface area contributed by atoms with Crippen LogP contribution in [-0.2, 0) is 11.0 Å². The summed E-state index contributed by atoms with van der Waals surface area (Å²) in [5.74, 6) is -2.16. The van der Waals surface area contributed by atoms with Gasteiger partial charge in [0.15, 0.2) is 0 Å². The van der Waals surface area contributed by atoms with Gasteiger partial charge in [-0.05, 0) is 18.2 Å². The van der Waals surface area contributed by atoms with Crippen LogP contribution in [0.2, 0.25) is 0 Å². The quantitative estimate of drug-likeness (QED) is 0.840. The highest BCUT2D eigenvalue weighted by atomic mass is 19.4. The zero-order chi connectivity index (χ0) is 16.2. The number of carboxylic acid groups (broad SMARTS) is 1. The van der Waals surface area contributed by atoms with Gasteiger partial charge in [-0.2, -0.15) is 13.2 Å². The number of hydrogen-bond donors (Lipinski definition) is 2. The van der Waals surface area contributed by atoms with Crippen molar-refractivity contribution < 1.29 is 32.3 Å². The third kappa shape index (κ3) is 4.93. The summed E-state index contributed by atoms with van der Waals surface area (Å²) in [4.78, 5) is 22.9. The SMILES string of the molecule is CN(CCC(=O)O)C(=O)Nc1cc(C(F)(F)F)ccc1F. The molecule has 0 heterocycles. The lowest BCUT2D eigenvalue weighted by Gasteiger charge is -2.18. The van der Waals surface area contributed by atoms with Gasteiger partial charge in [-0.1, -0.05) is 0 Å². The van der Waals surface area contributed by atoms with Crippen LogP contribution in [0.4, 0.5) is 28.0 Å². The van der Waals surface area contributed by atoms with Crippen molar-refractivity contribution in [2.75, 3.05) is 18.9 Å². The number of aliphatic carboxylic acids is 1. The number of rotatable bonds is 4. The summed E-state index contributed by atoms with van der Waals surface area (Å²) in [6, 6.07) is 0.710. The first-order valence-electron chi connectivity index (χ1n) is 5.72. The molecule has 5 nitrogen and oxygen atoms in total. The Balaban J connectivity index is 2.82. The Morgan fingerprint density at radius 3 is 2.48 bits per heavy atom. The van der Waals surface area contributed by atoms with Crippen LogP contribution in [0.5, 0.6) is 0 Å². The Hall–Kier alpha value is -2.32. The van der Waals surface area contributed by atoms with Crippen LogP contribution in [0.1, 0.15) is 12.0 Å². The number of alkyl halides is 3. The molecule has 0 bridgehead atoms.